The second-order valence-electron chi connectivity index (χ2n) is 7.93. The van der Waals surface area contributed by atoms with E-state index < -0.39 is 22.0 Å². The third kappa shape index (κ3) is 4.45. The lowest BCUT2D eigenvalue weighted by atomic mass is 10.1. The Morgan fingerprint density at radius 2 is 1.62 bits per heavy atom. The van der Waals surface area contributed by atoms with Crippen LogP contribution in [-0.4, -0.2) is 27.0 Å². The summed E-state index contributed by atoms with van der Waals surface area (Å²) in [7, 11) is -3.95. The van der Waals surface area contributed by atoms with Gasteiger partial charge in [0.15, 0.2) is 6.10 Å². The highest BCUT2D eigenvalue weighted by atomic mass is 35.5. The third-order valence-corrected chi connectivity index (χ3v) is 7.21. The summed E-state index contributed by atoms with van der Waals surface area (Å²) in [6.07, 6.45) is -1.04. The lowest BCUT2D eigenvalue weighted by Gasteiger charge is -2.35. The van der Waals surface area contributed by atoms with Crippen LogP contribution in [-0.2, 0) is 14.8 Å². The molecule has 166 valence electrons. The lowest BCUT2D eigenvalue weighted by molar-refractivity contribution is -0.122. The van der Waals surface area contributed by atoms with Gasteiger partial charge in [-0.1, -0.05) is 35.4 Å². The normalized spacial score (nSPS) is 15.6. The van der Waals surface area contributed by atoms with Gasteiger partial charge in [0, 0.05) is 10.7 Å². The van der Waals surface area contributed by atoms with Crippen molar-refractivity contribution in [1.82, 2.24) is 0 Å². The number of anilines is 2. The zero-order chi connectivity index (χ0) is 23.0. The summed E-state index contributed by atoms with van der Waals surface area (Å²) in [5.41, 5.74) is 3.89. The van der Waals surface area contributed by atoms with Gasteiger partial charge in [-0.2, -0.15) is 0 Å². The van der Waals surface area contributed by atoms with Crippen molar-refractivity contribution in [2.45, 2.75) is 31.8 Å². The number of hydrogen-bond acceptors (Lipinski definition) is 4. The maximum absolute atomic E-state index is 13.5. The van der Waals surface area contributed by atoms with Gasteiger partial charge in [0.25, 0.3) is 15.9 Å². The van der Waals surface area contributed by atoms with Crippen molar-refractivity contribution in [3.05, 3.63) is 82.4 Å². The molecule has 8 heteroatoms. The molecule has 0 bridgehead atoms. The lowest BCUT2D eigenvalue weighted by Crippen LogP contribution is -2.48. The van der Waals surface area contributed by atoms with E-state index >= 15 is 0 Å². The molecule has 6 nitrogen and oxygen atoms in total. The molecule has 0 saturated heterocycles. The fourth-order valence-corrected chi connectivity index (χ4v) is 5.33. The fraction of sp³-hybridized carbons (Fsp3) is 0.208. The van der Waals surface area contributed by atoms with Crippen LogP contribution in [0, 0.1) is 20.8 Å². The smallest absolute Gasteiger partial charge is 0.267 e. The van der Waals surface area contributed by atoms with E-state index in [1.165, 1.54) is 10.4 Å². The van der Waals surface area contributed by atoms with Crippen LogP contribution in [0.2, 0.25) is 5.02 Å². The molecule has 3 aromatic rings. The SMILES string of the molecule is Cc1ccc(S(=O)(=O)N2C[C@@H](C(=O)Nc3cc(C)cc(C)c3)Oc3ccc(Cl)cc32)cc1. The molecular weight excluding hydrogens is 448 g/mol. The molecule has 1 atom stereocenters. The Hall–Kier alpha value is -3.03. The van der Waals surface area contributed by atoms with E-state index in [9.17, 15) is 13.2 Å². The first kappa shape index (κ1) is 22.2. The number of rotatable bonds is 4. The van der Waals surface area contributed by atoms with Gasteiger partial charge >= 0.3 is 0 Å². The van der Waals surface area contributed by atoms with Gasteiger partial charge in [-0.15, -0.1) is 0 Å². The minimum Gasteiger partial charge on any atom is -0.476 e. The van der Waals surface area contributed by atoms with Crippen LogP contribution in [0.25, 0.3) is 0 Å². The monoisotopic (exact) mass is 470 g/mol. The molecule has 1 amide bonds. The van der Waals surface area contributed by atoms with Crippen molar-refractivity contribution in [2.24, 2.45) is 0 Å². The minimum absolute atomic E-state index is 0.129. The Balaban J connectivity index is 1.69. The summed E-state index contributed by atoms with van der Waals surface area (Å²) in [5, 5.41) is 3.21. The molecule has 0 aromatic heterocycles. The number of amides is 1. The van der Waals surface area contributed by atoms with Crippen molar-refractivity contribution in [3.63, 3.8) is 0 Å². The van der Waals surface area contributed by atoms with Crippen LogP contribution >= 0.6 is 11.6 Å². The zero-order valence-electron chi connectivity index (χ0n) is 17.9. The highest BCUT2D eigenvalue weighted by Gasteiger charge is 2.37. The Bertz CT molecular complexity index is 1270. The van der Waals surface area contributed by atoms with Crippen LogP contribution in [0.1, 0.15) is 16.7 Å². The third-order valence-electron chi connectivity index (χ3n) is 5.18. The molecule has 0 aliphatic carbocycles. The van der Waals surface area contributed by atoms with Gasteiger partial charge < -0.3 is 10.1 Å². The van der Waals surface area contributed by atoms with E-state index in [2.05, 4.69) is 5.32 Å². The molecule has 3 aromatic carbocycles. The van der Waals surface area contributed by atoms with E-state index in [4.69, 9.17) is 16.3 Å². The molecule has 1 heterocycles. The summed E-state index contributed by atoms with van der Waals surface area (Å²) in [6, 6.07) is 17.0. The van der Waals surface area contributed by atoms with Crippen molar-refractivity contribution >= 4 is 38.9 Å². The maximum Gasteiger partial charge on any atom is 0.267 e. The second-order valence-corrected chi connectivity index (χ2v) is 10.2. The number of nitrogens with zero attached hydrogens (tertiary/aromatic N) is 1. The summed E-state index contributed by atoms with van der Waals surface area (Å²) in [6.45, 7) is 5.58. The summed E-state index contributed by atoms with van der Waals surface area (Å²) >= 11 is 6.14. The standard InChI is InChI=1S/C24H23ClN2O4S/c1-15-4-7-20(8-5-15)32(29,30)27-14-23(31-22-9-6-18(25)13-21(22)27)24(28)26-19-11-16(2)10-17(3)12-19/h4-13,23H,14H2,1-3H3,(H,26,28)/t23-/m0/s1. The Labute approximate surface area is 192 Å². The number of sulfonamides is 1. The minimum atomic E-state index is -3.95. The van der Waals surface area contributed by atoms with Crippen LogP contribution in [0.15, 0.2) is 65.6 Å². The van der Waals surface area contributed by atoms with Crippen molar-refractivity contribution in [3.8, 4) is 5.75 Å². The molecule has 0 saturated carbocycles. The quantitative estimate of drug-likeness (QED) is 0.590. The predicted octanol–water partition coefficient (Wildman–Crippen LogP) is 4.86. The predicted molar refractivity (Wildman–Crippen MR) is 126 cm³/mol. The highest BCUT2D eigenvalue weighted by Crippen LogP contribution is 2.39. The van der Waals surface area contributed by atoms with Crippen LogP contribution in [0.5, 0.6) is 5.75 Å². The topological polar surface area (TPSA) is 75.7 Å². The van der Waals surface area contributed by atoms with Crippen LogP contribution in [0.3, 0.4) is 0 Å². The van der Waals surface area contributed by atoms with Gasteiger partial charge in [-0.05, 0) is 74.4 Å². The average molecular weight is 471 g/mol. The molecule has 32 heavy (non-hydrogen) atoms. The molecule has 1 N–H and O–H groups in total. The van der Waals surface area contributed by atoms with Crippen LogP contribution in [0.4, 0.5) is 11.4 Å². The number of carbonyl (C=O) groups excluding carboxylic acids is 1. The number of benzene rings is 3. The second kappa shape index (κ2) is 8.48. The van der Waals surface area contributed by atoms with Crippen molar-refractivity contribution in [2.75, 3.05) is 16.2 Å². The molecule has 4 rings (SSSR count). The molecule has 1 aliphatic rings. The zero-order valence-corrected chi connectivity index (χ0v) is 19.5. The summed E-state index contributed by atoms with van der Waals surface area (Å²) in [5.74, 6) is -0.156. The van der Waals surface area contributed by atoms with Gasteiger partial charge in [0.1, 0.15) is 5.75 Å². The summed E-state index contributed by atoms with van der Waals surface area (Å²) < 4.78 is 34.0. The number of ether oxygens (including phenoxy) is 1. The number of fused-ring (bicyclic) bond motifs is 1. The van der Waals surface area contributed by atoms with E-state index in [0.29, 0.717) is 16.4 Å². The molecular formula is C24H23ClN2O4S. The van der Waals surface area contributed by atoms with Crippen molar-refractivity contribution in [1.29, 1.82) is 0 Å². The number of aryl methyl sites for hydroxylation is 3. The summed E-state index contributed by atoms with van der Waals surface area (Å²) in [4.78, 5) is 13.2. The highest BCUT2D eigenvalue weighted by molar-refractivity contribution is 7.92. The van der Waals surface area contributed by atoms with E-state index in [-0.39, 0.29) is 17.2 Å². The number of carbonyl (C=O) groups is 1. The van der Waals surface area contributed by atoms with E-state index in [1.807, 2.05) is 39.0 Å². The largest absolute Gasteiger partial charge is 0.476 e. The molecule has 0 unspecified atom stereocenters. The van der Waals surface area contributed by atoms with Gasteiger partial charge in [-0.25, -0.2) is 8.42 Å². The molecule has 0 fully saturated rings. The fourth-order valence-electron chi connectivity index (χ4n) is 3.70. The maximum atomic E-state index is 13.5. The Kier molecular flexibility index (Phi) is 5.88. The number of nitrogens with one attached hydrogen (secondary N) is 1. The van der Waals surface area contributed by atoms with Crippen molar-refractivity contribution < 1.29 is 17.9 Å². The Morgan fingerprint density at radius 1 is 0.969 bits per heavy atom. The number of hydrogen-bond donors (Lipinski definition) is 1. The molecule has 0 spiro atoms. The first-order valence-electron chi connectivity index (χ1n) is 10.1. The number of halogens is 1. The Morgan fingerprint density at radius 3 is 2.28 bits per heavy atom. The van der Waals surface area contributed by atoms with E-state index in [1.54, 1.807) is 36.4 Å². The van der Waals surface area contributed by atoms with Gasteiger partial charge in [0.05, 0.1) is 17.1 Å². The first-order chi connectivity index (χ1) is 15.1. The van der Waals surface area contributed by atoms with Crippen LogP contribution < -0.4 is 14.4 Å². The first-order valence-corrected chi connectivity index (χ1v) is 11.9. The van der Waals surface area contributed by atoms with Gasteiger partial charge in [-0.3, -0.25) is 9.10 Å². The van der Waals surface area contributed by atoms with E-state index in [0.717, 1.165) is 16.7 Å². The average Bonchev–Trinajstić information content (AvgIpc) is 2.72. The molecule has 1 aliphatic heterocycles. The molecule has 0 radical (unpaired) electrons. The van der Waals surface area contributed by atoms with Gasteiger partial charge in [0.2, 0.25) is 0 Å².